The van der Waals surface area contributed by atoms with E-state index in [-0.39, 0.29) is 30.0 Å². The van der Waals surface area contributed by atoms with E-state index in [9.17, 15) is 18.8 Å². The number of rotatable bonds is 4. The van der Waals surface area contributed by atoms with Gasteiger partial charge in [0.05, 0.1) is 23.2 Å². The predicted octanol–water partition coefficient (Wildman–Crippen LogP) is 5.69. The van der Waals surface area contributed by atoms with Gasteiger partial charge in [0.1, 0.15) is 11.4 Å². The van der Waals surface area contributed by atoms with E-state index in [0.29, 0.717) is 22.2 Å². The van der Waals surface area contributed by atoms with E-state index in [0.717, 1.165) is 11.1 Å². The Morgan fingerprint density at radius 1 is 0.775 bits per heavy atom. The van der Waals surface area contributed by atoms with Gasteiger partial charge in [0.2, 0.25) is 5.76 Å². The Balaban J connectivity index is 1.50. The van der Waals surface area contributed by atoms with Crippen LogP contribution < -0.4 is 10.3 Å². The zero-order chi connectivity index (χ0) is 27.6. The van der Waals surface area contributed by atoms with Crippen LogP contribution in [-0.4, -0.2) is 16.7 Å². The number of benzene rings is 4. The summed E-state index contributed by atoms with van der Waals surface area (Å²) in [6, 6.07) is 27.6. The topological polar surface area (TPSA) is 70.8 Å². The molecule has 7 rings (SSSR count). The van der Waals surface area contributed by atoms with Gasteiger partial charge in [-0.2, -0.15) is 0 Å². The van der Waals surface area contributed by atoms with Crippen molar-refractivity contribution in [3.63, 3.8) is 0 Å². The molecule has 0 bridgehead atoms. The molecule has 4 aromatic carbocycles. The first-order chi connectivity index (χ1) is 19.4. The van der Waals surface area contributed by atoms with Crippen molar-refractivity contribution in [3.05, 3.63) is 147 Å². The van der Waals surface area contributed by atoms with Crippen LogP contribution in [0.3, 0.4) is 0 Å². The third-order valence-corrected chi connectivity index (χ3v) is 7.86. The number of hydrogen-bond donors (Lipinski definition) is 0. The molecule has 5 aromatic rings. The molecule has 0 aliphatic carbocycles. The summed E-state index contributed by atoms with van der Waals surface area (Å²) in [4.78, 5) is 46.1. The Hall–Kier alpha value is -5.04. The molecule has 1 unspecified atom stereocenters. The lowest BCUT2D eigenvalue weighted by molar-refractivity contribution is -0.126. The molecule has 0 N–H and O–H groups in total. The molecule has 196 valence electrons. The lowest BCUT2D eigenvalue weighted by atomic mass is 9.83. The monoisotopic (exact) mass is 530 g/mol. The summed E-state index contributed by atoms with van der Waals surface area (Å²) in [5.74, 6) is -1.54. The number of aryl methyl sites for hydroxylation is 1. The summed E-state index contributed by atoms with van der Waals surface area (Å²) >= 11 is 0. The minimum absolute atomic E-state index is 0.0159. The number of halogens is 1. The predicted molar refractivity (Wildman–Crippen MR) is 148 cm³/mol. The van der Waals surface area contributed by atoms with Crippen molar-refractivity contribution >= 4 is 28.5 Å². The van der Waals surface area contributed by atoms with Crippen molar-refractivity contribution in [3.8, 4) is 0 Å². The molecule has 1 aromatic heterocycles. The zero-order valence-corrected chi connectivity index (χ0v) is 21.6. The summed E-state index contributed by atoms with van der Waals surface area (Å²) < 4.78 is 19.8. The van der Waals surface area contributed by atoms with Crippen LogP contribution in [0, 0.1) is 12.7 Å². The van der Waals surface area contributed by atoms with Crippen LogP contribution in [0.4, 0.5) is 10.1 Å². The maximum atomic E-state index is 14.8. The van der Waals surface area contributed by atoms with Gasteiger partial charge in [-0.05, 0) is 48.4 Å². The molecular formula is C33H23FN2O4. The first-order valence-electron chi connectivity index (χ1n) is 13.0. The van der Waals surface area contributed by atoms with Crippen molar-refractivity contribution in [2.24, 2.45) is 0 Å². The van der Waals surface area contributed by atoms with Gasteiger partial charge in [0, 0.05) is 12.1 Å². The second-order valence-electron chi connectivity index (χ2n) is 10.3. The van der Waals surface area contributed by atoms with E-state index in [4.69, 9.17) is 4.42 Å². The van der Waals surface area contributed by atoms with Gasteiger partial charge < -0.3 is 14.2 Å². The van der Waals surface area contributed by atoms with E-state index < -0.39 is 28.6 Å². The van der Waals surface area contributed by atoms with Gasteiger partial charge in [0.25, 0.3) is 11.8 Å². The fourth-order valence-corrected chi connectivity index (χ4v) is 5.96. The molecule has 2 aliphatic rings. The number of amides is 2. The second kappa shape index (κ2) is 8.74. The summed E-state index contributed by atoms with van der Waals surface area (Å²) in [7, 11) is 0. The van der Waals surface area contributed by atoms with Crippen LogP contribution in [0.1, 0.15) is 38.4 Å². The molecule has 1 spiro atoms. The maximum Gasteiger partial charge on any atom is 0.291 e. The SMILES string of the molecule is Cc1ccc(CN2C(=O)C3(c4ccccc42)c2c(oc4ccccc4c2=O)C(=O)N3Cc2ccc(F)cc2)cc1. The molecule has 3 heterocycles. The number of carbonyl (C=O) groups excluding carboxylic acids is 2. The normalized spacial score (nSPS) is 17.6. The van der Waals surface area contributed by atoms with E-state index in [1.165, 1.54) is 17.0 Å². The highest BCUT2D eigenvalue weighted by molar-refractivity contribution is 6.17. The quantitative estimate of drug-likeness (QED) is 0.300. The number of para-hydroxylation sites is 2. The van der Waals surface area contributed by atoms with E-state index in [2.05, 4.69) is 0 Å². The molecule has 40 heavy (non-hydrogen) atoms. The standard InChI is InChI=1S/C33H23FN2O4/c1-20-10-12-21(13-11-20)18-35-26-8-4-3-7-25(26)33(32(35)39)28-29(37)24-6-2-5-9-27(24)40-30(28)31(38)36(33)19-22-14-16-23(34)17-15-22/h2-17H,18-19H2,1H3. The average molecular weight is 531 g/mol. The zero-order valence-electron chi connectivity index (χ0n) is 21.6. The lowest BCUT2D eigenvalue weighted by Gasteiger charge is -2.34. The second-order valence-corrected chi connectivity index (χ2v) is 10.3. The van der Waals surface area contributed by atoms with E-state index >= 15 is 0 Å². The Morgan fingerprint density at radius 3 is 2.20 bits per heavy atom. The molecule has 0 radical (unpaired) electrons. The molecule has 1 atom stereocenters. The van der Waals surface area contributed by atoms with Gasteiger partial charge in [-0.15, -0.1) is 0 Å². The van der Waals surface area contributed by atoms with E-state index in [1.54, 1.807) is 53.4 Å². The fraction of sp³-hybridized carbons (Fsp3) is 0.121. The molecule has 6 nitrogen and oxygen atoms in total. The third-order valence-electron chi connectivity index (χ3n) is 7.86. The molecule has 2 aliphatic heterocycles. The molecule has 0 saturated heterocycles. The minimum atomic E-state index is -1.74. The fourth-order valence-electron chi connectivity index (χ4n) is 5.96. The van der Waals surface area contributed by atoms with Crippen molar-refractivity contribution in [1.82, 2.24) is 4.90 Å². The summed E-state index contributed by atoms with van der Waals surface area (Å²) in [5, 5.41) is 0.291. The number of anilines is 1. The third kappa shape index (κ3) is 3.30. The highest BCUT2D eigenvalue weighted by Gasteiger charge is 2.64. The highest BCUT2D eigenvalue weighted by Crippen LogP contribution is 2.53. The molecule has 0 saturated carbocycles. The van der Waals surface area contributed by atoms with Crippen molar-refractivity contribution in [1.29, 1.82) is 0 Å². The van der Waals surface area contributed by atoms with Gasteiger partial charge in [-0.25, -0.2) is 4.39 Å². The van der Waals surface area contributed by atoms with Gasteiger partial charge in [0.15, 0.2) is 11.0 Å². The lowest BCUT2D eigenvalue weighted by Crippen LogP contribution is -2.52. The minimum Gasteiger partial charge on any atom is -0.450 e. The van der Waals surface area contributed by atoms with Crippen LogP contribution in [0.15, 0.2) is 106 Å². The highest BCUT2D eigenvalue weighted by atomic mass is 19.1. The summed E-state index contributed by atoms with van der Waals surface area (Å²) in [6.07, 6.45) is 0. The van der Waals surface area contributed by atoms with E-state index in [1.807, 2.05) is 43.3 Å². The Labute approximate surface area is 228 Å². The van der Waals surface area contributed by atoms with Crippen molar-refractivity contribution in [2.75, 3.05) is 4.90 Å². The van der Waals surface area contributed by atoms with Crippen molar-refractivity contribution in [2.45, 2.75) is 25.6 Å². The van der Waals surface area contributed by atoms with Crippen LogP contribution >= 0.6 is 0 Å². The Bertz CT molecular complexity index is 1900. The molecular weight excluding hydrogens is 507 g/mol. The van der Waals surface area contributed by atoms with Gasteiger partial charge >= 0.3 is 0 Å². The molecule has 0 fully saturated rings. The summed E-state index contributed by atoms with van der Waals surface area (Å²) in [6.45, 7) is 2.22. The van der Waals surface area contributed by atoms with Crippen LogP contribution in [0.25, 0.3) is 11.0 Å². The van der Waals surface area contributed by atoms with Crippen molar-refractivity contribution < 1.29 is 18.4 Å². The number of fused-ring (bicyclic) bond motifs is 5. The molecule has 7 heteroatoms. The average Bonchev–Trinajstić information content (AvgIpc) is 3.36. The first-order valence-corrected chi connectivity index (χ1v) is 13.0. The smallest absolute Gasteiger partial charge is 0.291 e. The van der Waals surface area contributed by atoms with Crippen LogP contribution in [0.2, 0.25) is 0 Å². The number of hydrogen-bond acceptors (Lipinski definition) is 4. The molecule has 2 amide bonds. The van der Waals surface area contributed by atoms with Crippen LogP contribution in [-0.2, 0) is 23.4 Å². The maximum absolute atomic E-state index is 14.8. The van der Waals surface area contributed by atoms with Gasteiger partial charge in [-0.3, -0.25) is 14.4 Å². The Morgan fingerprint density at radius 2 is 1.43 bits per heavy atom. The number of nitrogens with zero attached hydrogens (tertiary/aromatic N) is 2. The largest absolute Gasteiger partial charge is 0.450 e. The summed E-state index contributed by atoms with van der Waals surface area (Å²) in [5.41, 5.74) is 1.88. The number of carbonyl (C=O) groups is 2. The van der Waals surface area contributed by atoms with Gasteiger partial charge in [-0.1, -0.05) is 72.3 Å². The first kappa shape index (κ1) is 24.0. The van der Waals surface area contributed by atoms with Crippen LogP contribution in [0.5, 0.6) is 0 Å². The Kier molecular flexibility index (Phi) is 5.25.